The summed E-state index contributed by atoms with van der Waals surface area (Å²) in [6.07, 6.45) is 2.95. The van der Waals surface area contributed by atoms with Gasteiger partial charge in [-0.1, -0.05) is 11.6 Å². The molecule has 10 heteroatoms. The highest BCUT2D eigenvalue weighted by Crippen LogP contribution is 2.28. The van der Waals surface area contributed by atoms with Crippen LogP contribution in [0.5, 0.6) is 5.75 Å². The summed E-state index contributed by atoms with van der Waals surface area (Å²) in [5.74, 6) is -0.0883. The van der Waals surface area contributed by atoms with Gasteiger partial charge < -0.3 is 20.1 Å². The molecule has 8 nitrogen and oxygen atoms in total. The van der Waals surface area contributed by atoms with Gasteiger partial charge in [-0.2, -0.15) is 4.31 Å². The normalized spacial score (nSPS) is 18.0. The largest absolute Gasteiger partial charge is 0.495 e. The molecule has 0 aliphatic carbocycles. The second-order valence-electron chi connectivity index (χ2n) is 6.38. The number of ether oxygens (including phenoxy) is 2. The molecule has 0 saturated carbocycles. The van der Waals surface area contributed by atoms with Crippen molar-refractivity contribution in [3.05, 3.63) is 35.4 Å². The summed E-state index contributed by atoms with van der Waals surface area (Å²) in [7, 11) is -2.35. The Kier molecular flexibility index (Phi) is 8.26. The van der Waals surface area contributed by atoms with Crippen LogP contribution in [-0.2, 0) is 14.8 Å². The highest BCUT2D eigenvalue weighted by molar-refractivity contribution is 7.89. The molecule has 2 heterocycles. The van der Waals surface area contributed by atoms with Crippen molar-refractivity contribution in [2.24, 2.45) is 0 Å². The molecular formula is C18H26ClN3O5S. The van der Waals surface area contributed by atoms with E-state index in [1.165, 1.54) is 23.5 Å². The number of morpholine rings is 1. The molecule has 0 aromatic heterocycles. The van der Waals surface area contributed by atoms with Crippen LogP contribution in [-0.4, -0.2) is 71.7 Å². The van der Waals surface area contributed by atoms with Gasteiger partial charge in [0.15, 0.2) is 0 Å². The molecule has 2 N–H and O–H groups in total. The first-order valence-electron chi connectivity index (χ1n) is 8.95. The molecule has 3 rings (SSSR count). The average Bonchev–Trinajstić information content (AvgIpc) is 2.73. The van der Waals surface area contributed by atoms with Gasteiger partial charge in [-0.15, -0.1) is 12.4 Å². The number of sulfonamides is 1. The fraction of sp³-hybridized carbons (Fsp3) is 0.500. The van der Waals surface area contributed by atoms with Crippen LogP contribution in [0.25, 0.3) is 0 Å². The summed E-state index contributed by atoms with van der Waals surface area (Å²) in [6, 6.07) is 4.48. The Hall–Kier alpha value is -1.65. The highest BCUT2D eigenvalue weighted by atomic mass is 35.5. The van der Waals surface area contributed by atoms with E-state index < -0.39 is 10.0 Å². The monoisotopic (exact) mass is 431 g/mol. The molecule has 1 amide bonds. The van der Waals surface area contributed by atoms with Crippen LogP contribution in [0, 0.1) is 0 Å². The number of carbonyl (C=O) groups excluding carboxylic acids is 1. The van der Waals surface area contributed by atoms with Crippen LogP contribution < -0.4 is 15.4 Å². The van der Waals surface area contributed by atoms with Crippen LogP contribution >= 0.6 is 12.4 Å². The first-order valence-corrected chi connectivity index (χ1v) is 10.4. The molecule has 1 aromatic carbocycles. The highest BCUT2D eigenvalue weighted by Gasteiger charge is 2.30. The third-order valence-corrected chi connectivity index (χ3v) is 6.57. The standard InChI is InChI=1S/C18H25N3O5S.ClH/c1-25-16-3-2-15(18(22)20-13-14-4-6-19-7-5-14)12-17(16)27(23,24)21-8-10-26-11-9-21;/h2-4,12,19H,5-11,13H2,1H3,(H,20,22);1H. The van der Waals surface area contributed by atoms with Crippen molar-refractivity contribution in [2.75, 3.05) is 53.0 Å². The van der Waals surface area contributed by atoms with E-state index in [9.17, 15) is 13.2 Å². The zero-order valence-electron chi connectivity index (χ0n) is 15.8. The maximum absolute atomic E-state index is 13.0. The first-order chi connectivity index (χ1) is 13.0. The van der Waals surface area contributed by atoms with Crippen LogP contribution in [0.3, 0.4) is 0 Å². The number of carbonyl (C=O) groups is 1. The minimum absolute atomic E-state index is 0. The van der Waals surface area contributed by atoms with Gasteiger partial charge in [-0.05, 0) is 31.2 Å². The number of nitrogens with zero attached hydrogens (tertiary/aromatic N) is 1. The van der Waals surface area contributed by atoms with Crippen LogP contribution in [0.1, 0.15) is 16.8 Å². The van der Waals surface area contributed by atoms with E-state index >= 15 is 0 Å². The smallest absolute Gasteiger partial charge is 0.251 e. The molecule has 2 aliphatic rings. The summed E-state index contributed by atoms with van der Waals surface area (Å²) in [4.78, 5) is 12.5. The number of rotatable bonds is 6. The molecule has 0 radical (unpaired) electrons. The molecule has 0 unspecified atom stereocenters. The number of hydrogen-bond acceptors (Lipinski definition) is 6. The first kappa shape index (κ1) is 22.6. The van der Waals surface area contributed by atoms with Crippen molar-refractivity contribution in [3.8, 4) is 5.75 Å². The zero-order valence-corrected chi connectivity index (χ0v) is 17.4. The van der Waals surface area contributed by atoms with Crippen LogP contribution in [0.4, 0.5) is 0 Å². The number of benzene rings is 1. The molecule has 1 fully saturated rings. The molecule has 1 aromatic rings. The number of methoxy groups -OCH3 is 1. The van der Waals surface area contributed by atoms with E-state index in [0.29, 0.717) is 19.8 Å². The Balaban J connectivity index is 0.00000280. The second kappa shape index (κ2) is 10.2. The SMILES string of the molecule is COc1ccc(C(=O)NCC2=CCNCC2)cc1S(=O)(=O)N1CCOCC1.Cl. The molecule has 28 heavy (non-hydrogen) atoms. The Morgan fingerprint density at radius 3 is 2.71 bits per heavy atom. The van der Waals surface area contributed by atoms with Gasteiger partial charge in [0, 0.05) is 31.7 Å². The van der Waals surface area contributed by atoms with Crippen molar-refractivity contribution in [3.63, 3.8) is 0 Å². The van der Waals surface area contributed by atoms with E-state index in [-0.39, 0.29) is 47.6 Å². The quantitative estimate of drug-likeness (QED) is 0.646. The van der Waals surface area contributed by atoms with Crippen molar-refractivity contribution in [2.45, 2.75) is 11.3 Å². The van der Waals surface area contributed by atoms with Gasteiger partial charge in [0.25, 0.3) is 5.91 Å². The lowest BCUT2D eigenvalue weighted by Crippen LogP contribution is -2.40. The van der Waals surface area contributed by atoms with E-state index in [0.717, 1.165) is 25.1 Å². The summed E-state index contributed by atoms with van der Waals surface area (Å²) in [5, 5.41) is 6.08. The maximum atomic E-state index is 13.0. The van der Waals surface area contributed by atoms with Gasteiger partial charge in [-0.3, -0.25) is 4.79 Å². The number of amides is 1. The molecule has 0 atom stereocenters. The predicted octanol–water partition coefficient (Wildman–Crippen LogP) is 0.787. The molecule has 1 saturated heterocycles. The van der Waals surface area contributed by atoms with Gasteiger partial charge >= 0.3 is 0 Å². The van der Waals surface area contributed by atoms with Gasteiger partial charge in [0.2, 0.25) is 10.0 Å². The molecule has 0 bridgehead atoms. The third-order valence-electron chi connectivity index (χ3n) is 4.65. The molecular weight excluding hydrogens is 406 g/mol. The second-order valence-corrected chi connectivity index (χ2v) is 8.29. The van der Waals surface area contributed by atoms with E-state index in [1.54, 1.807) is 6.07 Å². The van der Waals surface area contributed by atoms with E-state index in [2.05, 4.69) is 16.7 Å². The number of nitrogens with one attached hydrogen (secondary N) is 2. The minimum atomic E-state index is -3.77. The average molecular weight is 432 g/mol. The van der Waals surface area contributed by atoms with Gasteiger partial charge in [0.1, 0.15) is 10.6 Å². The van der Waals surface area contributed by atoms with E-state index in [1.807, 2.05) is 0 Å². The lowest BCUT2D eigenvalue weighted by atomic mass is 10.1. The van der Waals surface area contributed by atoms with Gasteiger partial charge in [0.05, 0.1) is 20.3 Å². The lowest BCUT2D eigenvalue weighted by Gasteiger charge is -2.26. The lowest BCUT2D eigenvalue weighted by molar-refractivity contribution is 0.0729. The summed E-state index contributed by atoms with van der Waals surface area (Å²) < 4.78 is 37.8. The minimum Gasteiger partial charge on any atom is -0.495 e. The Morgan fingerprint density at radius 2 is 2.07 bits per heavy atom. The Bertz CT molecular complexity index is 823. The third kappa shape index (κ3) is 5.24. The van der Waals surface area contributed by atoms with Crippen molar-refractivity contribution < 1.29 is 22.7 Å². The predicted molar refractivity (Wildman–Crippen MR) is 108 cm³/mol. The number of halogens is 1. The Morgan fingerprint density at radius 1 is 1.32 bits per heavy atom. The summed E-state index contributed by atoms with van der Waals surface area (Å²) in [6.45, 7) is 3.42. The summed E-state index contributed by atoms with van der Waals surface area (Å²) in [5.41, 5.74) is 1.45. The van der Waals surface area contributed by atoms with Crippen molar-refractivity contribution in [1.82, 2.24) is 14.9 Å². The fourth-order valence-electron chi connectivity index (χ4n) is 3.07. The van der Waals surface area contributed by atoms with E-state index in [4.69, 9.17) is 9.47 Å². The zero-order chi connectivity index (χ0) is 19.3. The van der Waals surface area contributed by atoms with Crippen LogP contribution in [0.2, 0.25) is 0 Å². The number of hydrogen-bond donors (Lipinski definition) is 2. The molecule has 0 spiro atoms. The van der Waals surface area contributed by atoms with Crippen molar-refractivity contribution in [1.29, 1.82) is 0 Å². The molecule has 156 valence electrons. The fourth-order valence-corrected chi connectivity index (χ4v) is 4.66. The Labute approximate surface area is 171 Å². The van der Waals surface area contributed by atoms with Crippen molar-refractivity contribution >= 4 is 28.3 Å². The molecule has 2 aliphatic heterocycles. The van der Waals surface area contributed by atoms with Gasteiger partial charge in [-0.25, -0.2) is 8.42 Å². The summed E-state index contributed by atoms with van der Waals surface area (Å²) >= 11 is 0. The topological polar surface area (TPSA) is 97.0 Å². The van der Waals surface area contributed by atoms with Crippen LogP contribution in [0.15, 0.2) is 34.7 Å². The maximum Gasteiger partial charge on any atom is 0.251 e.